The van der Waals surface area contributed by atoms with Crippen LogP contribution < -0.4 is 4.74 Å². The first kappa shape index (κ1) is 13.7. The van der Waals surface area contributed by atoms with Crippen molar-refractivity contribution < 1.29 is 4.74 Å². The minimum Gasteiger partial charge on any atom is -0.496 e. The third-order valence-electron chi connectivity index (χ3n) is 3.22. The molecule has 1 aromatic heterocycles. The summed E-state index contributed by atoms with van der Waals surface area (Å²) in [5, 5.41) is 0. The molecule has 0 radical (unpaired) electrons. The molecule has 0 saturated heterocycles. The molecule has 19 heavy (non-hydrogen) atoms. The fourth-order valence-corrected chi connectivity index (χ4v) is 2.27. The molecule has 0 unspecified atom stereocenters. The van der Waals surface area contributed by atoms with Crippen molar-refractivity contribution in [3.05, 3.63) is 39.7 Å². The smallest absolute Gasteiger partial charge is 0.142 e. The van der Waals surface area contributed by atoms with Gasteiger partial charge in [0.15, 0.2) is 0 Å². The quantitative estimate of drug-likeness (QED) is 0.860. The van der Waals surface area contributed by atoms with Gasteiger partial charge in [0.05, 0.1) is 12.7 Å². The molecule has 1 N–H and O–H groups in total. The van der Waals surface area contributed by atoms with Crippen LogP contribution in [0.15, 0.2) is 18.2 Å². The monoisotopic (exact) mass is 274 g/mol. The van der Waals surface area contributed by atoms with Crippen molar-refractivity contribution in [3.63, 3.8) is 0 Å². The lowest BCUT2D eigenvalue weighted by atomic mass is 10.1. The van der Waals surface area contributed by atoms with E-state index in [1.54, 1.807) is 7.11 Å². The Morgan fingerprint density at radius 2 is 2.05 bits per heavy atom. The number of hydrogen-bond donors (Lipinski definition) is 1. The molecular weight excluding hydrogens is 256 g/mol. The Bertz CT molecular complexity index is 662. The summed E-state index contributed by atoms with van der Waals surface area (Å²) in [5.74, 6) is 1.58. The second-order valence-corrected chi connectivity index (χ2v) is 4.94. The van der Waals surface area contributed by atoms with Crippen molar-refractivity contribution in [3.8, 4) is 17.1 Å². The second-order valence-electron chi connectivity index (χ2n) is 4.55. The van der Waals surface area contributed by atoms with Gasteiger partial charge in [0.25, 0.3) is 0 Å². The van der Waals surface area contributed by atoms with Crippen LogP contribution in [-0.2, 0) is 6.42 Å². The maximum atomic E-state index is 5.43. The fourth-order valence-electron chi connectivity index (χ4n) is 2.05. The molecule has 0 spiro atoms. The minimum atomic E-state index is 0.647. The third kappa shape index (κ3) is 2.68. The van der Waals surface area contributed by atoms with E-state index < -0.39 is 0 Å². The van der Waals surface area contributed by atoms with Crippen molar-refractivity contribution >= 4 is 12.2 Å². The van der Waals surface area contributed by atoms with Gasteiger partial charge in [-0.05, 0) is 38.0 Å². The highest BCUT2D eigenvalue weighted by molar-refractivity contribution is 7.71. The number of benzene rings is 1. The van der Waals surface area contributed by atoms with Crippen molar-refractivity contribution in [2.75, 3.05) is 7.11 Å². The van der Waals surface area contributed by atoms with Gasteiger partial charge < -0.3 is 9.72 Å². The average Bonchev–Trinajstić information content (AvgIpc) is 2.41. The predicted molar refractivity (Wildman–Crippen MR) is 80.3 cm³/mol. The van der Waals surface area contributed by atoms with Gasteiger partial charge in [-0.1, -0.05) is 25.2 Å². The number of nitrogens with one attached hydrogen (secondary N) is 1. The molecule has 1 aromatic carbocycles. The Morgan fingerprint density at radius 1 is 1.32 bits per heavy atom. The molecule has 3 nitrogen and oxygen atoms in total. The van der Waals surface area contributed by atoms with Crippen LogP contribution in [0.3, 0.4) is 0 Å². The number of H-pyrrole nitrogens is 1. The summed E-state index contributed by atoms with van der Waals surface area (Å²) in [7, 11) is 1.67. The van der Waals surface area contributed by atoms with Gasteiger partial charge in [-0.2, -0.15) is 0 Å². The lowest BCUT2D eigenvalue weighted by Crippen LogP contribution is -2.00. The van der Waals surface area contributed by atoms with Crippen LogP contribution in [0.5, 0.6) is 5.75 Å². The summed E-state index contributed by atoms with van der Waals surface area (Å²) in [5.41, 5.74) is 4.26. The number of hydrogen-bond acceptors (Lipinski definition) is 3. The lowest BCUT2D eigenvalue weighted by Gasteiger charge is -2.11. The van der Waals surface area contributed by atoms with E-state index >= 15 is 0 Å². The van der Waals surface area contributed by atoms with Crippen molar-refractivity contribution in [2.24, 2.45) is 0 Å². The summed E-state index contributed by atoms with van der Waals surface area (Å²) in [6.45, 7) is 6.14. The fraction of sp³-hybridized carbons (Fsp3) is 0.333. The molecule has 0 aliphatic heterocycles. The number of ether oxygens (including phenoxy) is 1. The largest absolute Gasteiger partial charge is 0.496 e. The summed E-state index contributed by atoms with van der Waals surface area (Å²) in [4.78, 5) is 7.83. The number of aryl methyl sites for hydroxylation is 2. The Labute approximate surface area is 118 Å². The number of rotatable bonds is 3. The van der Waals surface area contributed by atoms with Crippen molar-refractivity contribution in [2.45, 2.75) is 27.2 Å². The molecule has 0 bridgehead atoms. The van der Waals surface area contributed by atoms with Gasteiger partial charge in [-0.3, -0.25) is 0 Å². The van der Waals surface area contributed by atoms with E-state index in [1.165, 1.54) is 0 Å². The topological polar surface area (TPSA) is 37.9 Å². The molecule has 0 fully saturated rings. The normalized spacial score (nSPS) is 10.5. The van der Waals surface area contributed by atoms with Crippen molar-refractivity contribution in [1.82, 2.24) is 9.97 Å². The molecule has 4 heteroatoms. The highest BCUT2D eigenvalue weighted by Gasteiger charge is 2.10. The van der Waals surface area contributed by atoms with E-state index in [4.69, 9.17) is 17.0 Å². The summed E-state index contributed by atoms with van der Waals surface area (Å²) in [6.07, 6.45) is 0.902. The highest BCUT2D eigenvalue weighted by atomic mass is 32.1. The molecule has 100 valence electrons. The van der Waals surface area contributed by atoms with Crippen LogP contribution in [0.4, 0.5) is 0 Å². The SMILES string of the molecule is CCc1[nH]c(-c2ccc(C)cc2OC)nc(=S)c1C. The highest BCUT2D eigenvalue weighted by Crippen LogP contribution is 2.29. The molecular formula is C15H18N2OS. The summed E-state index contributed by atoms with van der Waals surface area (Å²) >= 11 is 5.33. The van der Waals surface area contributed by atoms with Gasteiger partial charge in [-0.25, -0.2) is 4.98 Å². The first-order valence-electron chi connectivity index (χ1n) is 6.31. The molecule has 2 aromatic rings. The van der Waals surface area contributed by atoms with Gasteiger partial charge in [0, 0.05) is 11.3 Å². The van der Waals surface area contributed by atoms with E-state index in [0.717, 1.165) is 40.4 Å². The predicted octanol–water partition coefficient (Wildman–Crippen LogP) is 3.99. The zero-order valence-electron chi connectivity index (χ0n) is 11.7. The van der Waals surface area contributed by atoms with Gasteiger partial charge >= 0.3 is 0 Å². The standard InChI is InChI=1S/C15H18N2OS/c1-5-12-10(3)15(19)17-14(16-12)11-7-6-9(2)8-13(11)18-4/h6-8H,5H2,1-4H3,(H,16,17,19). The zero-order valence-corrected chi connectivity index (χ0v) is 12.5. The van der Waals surface area contributed by atoms with Gasteiger partial charge in [0.1, 0.15) is 16.2 Å². The number of nitrogens with zero attached hydrogens (tertiary/aromatic N) is 1. The van der Waals surface area contributed by atoms with E-state index in [2.05, 4.69) is 16.9 Å². The Kier molecular flexibility index (Phi) is 4.00. The summed E-state index contributed by atoms with van der Waals surface area (Å²) < 4.78 is 6.08. The zero-order chi connectivity index (χ0) is 14.0. The minimum absolute atomic E-state index is 0.647. The van der Waals surface area contributed by atoms with E-state index in [9.17, 15) is 0 Å². The van der Waals surface area contributed by atoms with Crippen molar-refractivity contribution in [1.29, 1.82) is 0 Å². The number of aromatic amines is 1. The molecule has 1 heterocycles. The van der Waals surface area contributed by atoms with Crippen LogP contribution in [0.2, 0.25) is 0 Å². The first-order valence-corrected chi connectivity index (χ1v) is 6.72. The Balaban J connectivity index is 2.65. The maximum absolute atomic E-state index is 5.43. The molecule has 0 atom stereocenters. The first-order chi connectivity index (χ1) is 9.06. The van der Waals surface area contributed by atoms with E-state index in [0.29, 0.717) is 4.64 Å². The lowest BCUT2D eigenvalue weighted by molar-refractivity contribution is 0.416. The molecule has 0 aliphatic carbocycles. The van der Waals surface area contributed by atoms with Gasteiger partial charge in [0.2, 0.25) is 0 Å². The molecule has 2 rings (SSSR count). The Hall–Kier alpha value is -1.68. The van der Waals surface area contributed by atoms with Crippen LogP contribution in [0.1, 0.15) is 23.7 Å². The maximum Gasteiger partial charge on any atom is 0.142 e. The van der Waals surface area contributed by atoms with E-state index in [-0.39, 0.29) is 0 Å². The average molecular weight is 274 g/mol. The molecule has 0 amide bonds. The van der Waals surface area contributed by atoms with Crippen LogP contribution in [0.25, 0.3) is 11.4 Å². The third-order valence-corrected chi connectivity index (χ3v) is 3.62. The molecule has 0 saturated carbocycles. The van der Waals surface area contributed by atoms with E-state index in [1.807, 2.05) is 32.0 Å². The van der Waals surface area contributed by atoms with Gasteiger partial charge in [-0.15, -0.1) is 0 Å². The summed E-state index contributed by atoms with van der Waals surface area (Å²) in [6, 6.07) is 6.05. The molecule has 0 aliphatic rings. The number of aromatic nitrogens is 2. The second kappa shape index (κ2) is 5.53. The van der Waals surface area contributed by atoms with Crippen LogP contribution in [-0.4, -0.2) is 17.1 Å². The van der Waals surface area contributed by atoms with Crippen LogP contribution in [0, 0.1) is 18.5 Å². The van der Waals surface area contributed by atoms with Crippen LogP contribution >= 0.6 is 12.2 Å². The Morgan fingerprint density at radius 3 is 2.68 bits per heavy atom. The number of methoxy groups -OCH3 is 1.